The Bertz CT molecular complexity index is 1150. The molecule has 1 aliphatic rings. The van der Waals surface area contributed by atoms with Crippen LogP contribution in [0.15, 0.2) is 54.9 Å². The normalized spacial score (nSPS) is 13.6. The van der Waals surface area contributed by atoms with Gasteiger partial charge in [0.25, 0.3) is 11.6 Å². The van der Waals surface area contributed by atoms with E-state index in [2.05, 4.69) is 15.0 Å². The maximum absolute atomic E-state index is 12.5. The second-order valence-corrected chi connectivity index (χ2v) is 7.46. The quantitative estimate of drug-likeness (QED) is 0.317. The van der Waals surface area contributed by atoms with Gasteiger partial charge in [-0.15, -0.1) is 0 Å². The van der Waals surface area contributed by atoms with Crippen LogP contribution >= 0.6 is 0 Å². The van der Waals surface area contributed by atoms with Crippen LogP contribution in [0.1, 0.15) is 16.1 Å². The number of non-ortho nitro benzene ring substituents is 1. The summed E-state index contributed by atoms with van der Waals surface area (Å²) in [6.07, 6.45) is 3.04. The smallest absolute Gasteiger partial charge is 0.342 e. The molecule has 11 nitrogen and oxygen atoms in total. The fourth-order valence-electron chi connectivity index (χ4n) is 3.62. The van der Waals surface area contributed by atoms with Crippen molar-refractivity contribution < 1.29 is 19.2 Å². The van der Waals surface area contributed by atoms with Crippen LogP contribution in [0, 0.1) is 17.0 Å². The molecule has 0 radical (unpaired) electrons. The van der Waals surface area contributed by atoms with Gasteiger partial charge in [-0.25, -0.2) is 14.5 Å². The van der Waals surface area contributed by atoms with E-state index in [9.17, 15) is 19.7 Å². The molecule has 0 N–H and O–H groups in total. The molecule has 1 aliphatic heterocycles. The summed E-state index contributed by atoms with van der Waals surface area (Å²) in [5.41, 5.74) is 1.74. The number of nitrogens with zero attached hydrogens (tertiary/aromatic N) is 6. The van der Waals surface area contributed by atoms with E-state index in [-0.39, 0.29) is 23.8 Å². The van der Waals surface area contributed by atoms with E-state index in [4.69, 9.17) is 4.74 Å². The maximum atomic E-state index is 12.5. The first-order valence-electron chi connectivity index (χ1n) is 10.3. The monoisotopic (exact) mass is 450 g/mol. The topological polar surface area (TPSA) is 124 Å². The number of carbonyl (C=O) groups is 2. The summed E-state index contributed by atoms with van der Waals surface area (Å²) in [4.78, 5) is 43.3. The highest BCUT2D eigenvalue weighted by Gasteiger charge is 2.24. The number of aromatic nitrogens is 3. The number of anilines is 1. The summed E-state index contributed by atoms with van der Waals surface area (Å²) in [5.74, 6) is -0.315. The van der Waals surface area contributed by atoms with Gasteiger partial charge in [0.05, 0.1) is 16.8 Å². The number of nitro groups is 1. The predicted octanol–water partition coefficient (Wildman–Crippen LogP) is 1.99. The van der Waals surface area contributed by atoms with E-state index in [0.717, 1.165) is 5.69 Å². The molecule has 0 saturated carbocycles. The van der Waals surface area contributed by atoms with Crippen LogP contribution in [-0.4, -0.2) is 69.3 Å². The molecule has 1 saturated heterocycles. The fourth-order valence-corrected chi connectivity index (χ4v) is 3.62. The van der Waals surface area contributed by atoms with Gasteiger partial charge < -0.3 is 14.5 Å². The highest BCUT2D eigenvalue weighted by atomic mass is 16.6. The van der Waals surface area contributed by atoms with E-state index >= 15 is 0 Å². The van der Waals surface area contributed by atoms with Crippen LogP contribution in [0.3, 0.4) is 0 Å². The molecule has 1 amide bonds. The van der Waals surface area contributed by atoms with Crippen molar-refractivity contribution in [3.63, 3.8) is 0 Å². The van der Waals surface area contributed by atoms with E-state index in [1.807, 2.05) is 6.07 Å². The molecule has 4 rings (SSSR count). The molecule has 11 heteroatoms. The van der Waals surface area contributed by atoms with Crippen LogP contribution in [0.2, 0.25) is 0 Å². The van der Waals surface area contributed by atoms with Gasteiger partial charge in [0.2, 0.25) is 0 Å². The molecule has 0 bridgehead atoms. The van der Waals surface area contributed by atoms with Crippen LogP contribution in [0.4, 0.5) is 11.4 Å². The average molecular weight is 450 g/mol. The van der Waals surface area contributed by atoms with Crippen LogP contribution in [0.25, 0.3) is 5.82 Å². The summed E-state index contributed by atoms with van der Waals surface area (Å²) in [7, 11) is 0. The Morgan fingerprint density at radius 3 is 2.45 bits per heavy atom. The lowest BCUT2D eigenvalue weighted by molar-refractivity contribution is -0.384. The van der Waals surface area contributed by atoms with Crippen LogP contribution in [-0.2, 0) is 9.53 Å². The predicted molar refractivity (Wildman–Crippen MR) is 118 cm³/mol. The largest absolute Gasteiger partial charge is 0.452 e. The van der Waals surface area contributed by atoms with Gasteiger partial charge in [0.15, 0.2) is 12.4 Å². The Morgan fingerprint density at radius 1 is 1.09 bits per heavy atom. The first-order chi connectivity index (χ1) is 15.9. The van der Waals surface area contributed by atoms with Crippen molar-refractivity contribution >= 4 is 23.3 Å². The van der Waals surface area contributed by atoms with Gasteiger partial charge in [0.1, 0.15) is 5.56 Å². The van der Waals surface area contributed by atoms with Crippen molar-refractivity contribution in [2.45, 2.75) is 6.92 Å². The number of pyridine rings is 1. The Kier molecular flexibility index (Phi) is 6.29. The molecule has 0 spiro atoms. The van der Waals surface area contributed by atoms with Crippen molar-refractivity contribution in [3.8, 4) is 5.82 Å². The standard InChI is InChI=1S/C22H22N6O5/c1-16-19(14-24-27(16)20-4-2-3-9-23-20)22(30)33-15-21(29)26-12-10-25(11-13-26)17-5-7-18(8-6-17)28(31)32/h2-9,14H,10-13,15H2,1H3. The SMILES string of the molecule is Cc1c(C(=O)OCC(=O)N2CCN(c3ccc([N+](=O)[O-])cc3)CC2)cnn1-c1ccccn1. The molecule has 1 aromatic carbocycles. The molecule has 0 unspecified atom stereocenters. The van der Waals surface area contributed by atoms with Gasteiger partial charge in [-0.05, 0) is 31.2 Å². The van der Waals surface area contributed by atoms with Crippen molar-refractivity contribution in [3.05, 3.63) is 76.2 Å². The lowest BCUT2D eigenvalue weighted by atomic mass is 10.2. The first-order valence-corrected chi connectivity index (χ1v) is 10.3. The summed E-state index contributed by atoms with van der Waals surface area (Å²) in [6.45, 7) is 3.46. The van der Waals surface area contributed by atoms with Crippen molar-refractivity contribution in [1.82, 2.24) is 19.7 Å². The zero-order valence-corrected chi connectivity index (χ0v) is 18.0. The minimum absolute atomic E-state index is 0.0372. The Morgan fingerprint density at radius 2 is 1.82 bits per heavy atom. The van der Waals surface area contributed by atoms with Crippen LogP contribution < -0.4 is 4.90 Å². The van der Waals surface area contributed by atoms with E-state index in [1.54, 1.807) is 42.3 Å². The molecule has 3 heterocycles. The zero-order valence-electron chi connectivity index (χ0n) is 18.0. The first kappa shape index (κ1) is 21.9. The van der Waals surface area contributed by atoms with Crippen molar-refractivity contribution in [1.29, 1.82) is 0 Å². The third-order valence-electron chi connectivity index (χ3n) is 5.48. The molecular formula is C22H22N6O5. The lowest BCUT2D eigenvalue weighted by Crippen LogP contribution is -2.49. The molecule has 2 aromatic heterocycles. The molecule has 1 fully saturated rings. The molecule has 170 valence electrons. The lowest BCUT2D eigenvalue weighted by Gasteiger charge is -2.36. The fraction of sp³-hybridized carbons (Fsp3) is 0.273. The number of esters is 1. The van der Waals surface area contributed by atoms with Gasteiger partial charge in [-0.3, -0.25) is 14.9 Å². The van der Waals surface area contributed by atoms with Crippen molar-refractivity contribution in [2.75, 3.05) is 37.7 Å². The van der Waals surface area contributed by atoms with E-state index in [1.165, 1.54) is 23.0 Å². The Hall–Kier alpha value is -4.28. The number of amides is 1. The number of carbonyl (C=O) groups excluding carboxylic acids is 2. The van der Waals surface area contributed by atoms with Gasteiger partial charge in [-0.2, -0.15) is 5.10 Å². The highest BCUT2D eigenvalue weighted by molar-refractivity contribution is 5.92. The maximum Gasteiger partial charge on any atom is 0.342 e. The summed E-state index contributed by atoms with van der Waals surface area (Å²) in [6, 6.07) is 11.7. The molecule has 0 atom stereocenters. The Labute approximate surface area is 189 Å². The van der Waals surface area contributed by atoms with Gasteiger partial charge >= 0.3 is 5.97 Å². The molecule has 0 aliphatic carbocycles. The third-order valence-corrected chi connectivity index (χ3v) is 5.48. The molecular weight excluding hydrogens is 428 g/mol. The molecule has 33 heavy (non-hydrogen) atoms. The summed E-state index contributed by atoms with van der Waals surface area (Å²) >= 11 is 0. The second kappa shape index (κ2) is 9.47. The number of hydrogen-bond donors (Lipinski definition) is 0. The van der Waals surface area contributed by atoms with Gasteiger partial charge in [-0.1, -0.05) is 6.07 Å². The number of benzene rings is 1. The number of ether oxygens (including phenoxy) is 1. The van der Waals surface area contributed by atoms with Gasteiger partial charge in [0, 0.05) is 50.2 Å². The number of rotatable bonds is 6. The summed E-state index contributed by atoms with van der Waals surface area (Å²) in [5, 5.41) is 15.0. The van der Waals surface area contributed by atoms with E-state index < -0.39 is 10.9 Å². The number of hydrogen-bond acceptors (Lipinski definition) is 8. The second-order valence-electron chi connectivity index (χ2n) is 7.46. The summed E-state index contributed by atoms with van der Waals surface area (Å²) < 4.78 is 6.78. The minimum Gasteiger partial charge on any atom is -0.452 e. The molecule has 3 aromatic rings. The highest BCUT2D eigenvalue weighted by Crippen LogP contribution is 2.21. The van der Waals surface area contributed by atoms with Crippen LogP contribution in [0.5, 0.6) is 0 Å². The zero-order chi connectivity index (χ0) is 23.4. The van der Waals surface area contributed by atoms with Crippen molar-refractivity contribution in [2.24, 2.45) is 0 Å². The Balaban J connectivity index is 1.29. The third kappa shape index (κ3) is 4.81. The van der Waals surface area contributed by atoms with E-state index in [0.29, 0.717) is 37.7 Å². The average Bonchev–Trinajstić information content (AvgIpc) is 3.24. The number of piperazine rings is 1. The number of nitro benzene ring substituents is 1. The minimum atomic E-state index is -0.618.